The number of hydrogen-bond acceptors (Lipinski definition) is 2. The molecule has 0 aliphatic heterocycles. The fourth-order valence-electron chi connectivity index (χ4n) is 10.7. The zero-order valence-electron chi connectivity index (χ0n) is 36.8. The molecule has 8 aromatic rings. The maximum atomic E-state index is 9.14. The molecule has 6 heteroatoms. The Labute approximate surface area is 374 Å². The Morgan fingerprint density at radius 1 is 0.516 bits per heavy atom. The van der Waals surface area contributed by atoms with Gasteiger partial charge in [0.25, 0.3) is 0 Å². The molecule has 2 aliphatic carbocycles. The predicted molar refractivity (Wildman–Crippen MR) is 264 cm³/mol. The summed E-state index contributed by atoms with van der Waals surface area (Å²) in [4.78, 5) is 0. The van der Waals surface area contributed by atoms with Crippen LogP contribution in [-0.2, 0) is 27.9 Å². The van der Waals surface area contributed by atoms with Crippen LogP contribution in [0.2, 0.25) is 13.1 Å². The molecule has 2 atom stereocenters. The molecular weight excluding hydrogens is 895 g/mol. The van der Waals surface area contributed by atoms with Crippen molar-refractivity contribution in [3.8, 4) is 22.3 Å². The molecule has 0 N–H and O–H groups in total. The third kappa shape index (κ3) is 6.34. The molecule has 0 saturated heterocycles. The number of rotatable bonds is 8. The predicted octanol–water partition coefficient (Wildman–Crippen LogP) is 17.0. The fourth-order valence-corrected chi connectivity index (χ4v) is 38.4. The Morgan fingerprint density at radius 3 is 1.27 bits per heavy atom. The van der Waals surface area contributed by atoms with Gasteiger partial charge in [-0.25, -0.2) is 0 Å². The first kappa shape index (κ1) is 41.6. The first-order valence-corrected chi connectivity index (χ1v) is 37.4. The van der Waals surface area contributed by atoms with Gasteiger partial charge in [-0.2, -0.15) is 0 Å². The molecule has 310 valence electrons. The molecule has 2 nitrogen and oxygen atoms in total. The molecule has 0 fully saturated rings. The van der Waals surface area contributed by atoms with E-state index in [1.165, 1.54) is 77.2 Å². The molecule has 2 aliphatic rings. The second-order valence-corrected chi connectivity index (χ2v) is 56.7. The van der Waals surface area contributed by atoms with Crippen LogP contribution in [-0.4, -0.2) is 5.43 Å². The zero-order valence-corrected chi connectivity index (χ0v) is 41.8. The van der Waals surface area contributed by atoms with E-state index in [9.17, 15) is 0 Å². The van der Waals surface area contributed by atoms with Crippen molar-refractivity contribution in [1.29, 1.82) is 0 Å². The summed E-state index contributed by atoms with van der Waals surface area (Å²) in [5.74, 6) is 3.55. The number of benzene rings is 6. The van der Waals surface area contributed by atoms with E-state index in [1.807, 2.05) is 0 Å². The topological polar surface area (TPSA) is 26.3 Å². The molecule has 2 heterocycles. The molecule has 0 bridgehead atoms. The van der Waals surface area contributed by atoms with Gasteiger partial charge in [-0.05, 0) is 0 Å². The zero-order chi connectivity index (χ0) is 43.3. The number of allylic oxidation sites excluding steroid dienone is 2. The van der Waals surface area contributed by atoms with E-state index in [-0.39, 0.29) is 7.25 Å². The molecule has 62 heavy (non-hydrogen) atoms. The van der Waals surface area contributed by atoms with Crippen molar-refractivity contribution in [2.45, 2.75) is 74.7 Å². The third-order valence-electron chi connectivity index (χ3n) is 14.3. The molecule has 2 unspecified atom stereocenters. The van der Waals surface area contributed by atoms with E-state index >= 15 is 0 Å². The number of halogens is 2. The van der Waals surface area contributed by atoms with E-state index in [0.717, 1.165) is 58.2 Å². The van der Waals surface area contributed by atoms with Crippen molar-refractivity contribution in [2.75, 3.05) is 0 Å². The van der Waals surface area contributed by atoms with Gasteiger partial charge in [0, 0.05) is 0 Å². The number of fused-ring (bicyclic) bond motifs is 4. The van der Waals surface area contributed by atoms with Gasteiger partial charge in [0.2, 0.25) is 0 Å². The summed E-state index contributed by atoms with van der Waals surface area (Å²) in [6.45, 7) is 17.7. The summed E-state index contributed by atoms with van der Waals surface area (Å²) in [5, 5.41) is 4.91. The summed E-state index contributed by atoms with van der Waals surface area (Å²) in [6, 6.07) is 44.9. The molecule has 0 amide bonds. The summed E-state index contributed by atoms with van der Waals surface area (Å²) < 4.78 is 13.0. The molecule has 0 radical (unpaired) electrons. The van der Waals surface area contributed by atoms with Gasteiger partial charge in [0.1, 0.15) is 0 Å². The van der Waals surface area contributed by atoms with Crippen LogP contribution in [0.5, 0.6) is 0 Å². The second-order valence-electron chi connectivity index (χ2n) is 18.0. The Morgan fingerprint density at radius 2 is 0.919 bits per heavy atom. The first-order chi connectivity index (χ1) is 29.8. The van der Waals surface area contributed by atoms with Crippen molar-refractivity contribution in [1.82, 2.24) is 0 Å². The van der Waals surface area contributed by atoms with E-state index in [0.29, 0.717) is 0 Å². The van der Waals surface area contributed by atoms with Crippen molar-refractivity contribution in [2.24, 2.45) is 0 Å². The average molecular weight is 947 g/mol. The maximum absolute atomic E-state index is 9.14. The van der Waals surface area contributed by atoms with Gasteiger partial charge in [-0.1, -0.05) is 0 Å². The van der Waals surface area contributed by atoms with Crippen LogP contribution in [0.3, 0.4) is 0 Å². The first-order valence-electron chi connectivity index (χ1n) is 22.1. The SMILES string of the molecule is CCc1ccc2c(c1-c1ccc3ccccc3c1)C=C(c1cc(C)c(C)o1)[CH]2[Zr]([Cl])([Cl])([CH]1C(c2cc(C)c(C)o2)=Cc2c1ccc(CC)c2-c1ccc2ccccc2c1)=[Si](C)C. The van der Waals surface area contributed by atoms with Crippen LogP contribution >= 0.6 is 17.0 Å². The van der Waals surface area contributed by atoms with E-state index in [2.05, 4.69) is 188 Å². The van der Waals surface area contributed by atoms with Crippen molar-refractivity contribution < 1.29 is 23.8 Å². The normalized spacial score (nSPS) is 16.2. The summed E-state index contributed by atoms with van der Waals surface area (Å²) >= 11 is -5.50. The summed E-state index contributed by atoms with van der Waals surface area (Å²) in [5.41, 5.74) is 15.4. The van der Waals surface area contributed by atoms with Gasteiger partial charge in [0.15, 0.2) is 0 Å². The Hall–Kier alpha value is -4.44. The molecule has 10 rings (SSSR count). The van der Waals surface area contributed by atoms with Crippen LogP contribution in [0, 0.1) is 27.7 Å². The van der Waals surface area contributed by atoms with E-state index in [4.69, 9.17) is 25.9 Å². The van der Waals surface area contributed by atoms with Crippen molar-refractivity contribution in [3.05, 3.63) is 189 Å². The molecular formula is C56H52Cl2O2SiZr. The van der Waals surface area contributed by atoms with Crippen LogP contribution in [0.25, 0.3) is 67.1 Å². The van der Waals surface area contributed by atoms with E-state index in [1.54, 1.807) is 0 Å². The molecule has 0 saturated carbocycles. The monoisotopic (exact) mass is 944 g/mol. The van der Waals surface area contributed by atoms with Gasteiger partial charge in [-0.15, -0.1) is 0 Å². The number of aryl methyl sites for hydroxylation is 6. The number of hydrogen-bond donors (Lipinski definition) is 0. The van der Waals surface area contributed by atoms with Crippen LogP contribution < -0.4 is 0 Å². The second kappa shape index (κ2) is 15.4. The quantitative estimate of drug-likeness (QED) is 0.142. The van der Waals surface area contributed by atoms with Gasteiger partial charge >= 0.3 is 377 Å². The minimum absolute atomic E-state index is 0.250. The molecule has 6 aromatic carbocycles. The summed E-state index contributed by atoms with van der Waals surface area (Å²) in [6.07, 6.45) is 6.61. The van der Waals surface area contributed by atoms with Crippen LogP contribution in [0.1, 0.15) is 88.6 Å². The Bertz CT molecular complexity index is 3060. The van der Waals surface area contributed by atoms with Crippen molar-refractivity contribution >= 4 is 67.3 Å². The van der Waals surface area contributed by atoms with Gasteiger partial charge in [-0.3, -0.25) is 0 Å². The summed E-state index contributed by atoms with van der Waals surface area (Å²) in [7, 11) is 18.3. The Balaban J connectivity index is 1.29. The Kier molecular flexibility index (Phi) is 10.3. The molecule has 2 aromatic heterocycles. The minimum atomic E-state index is -5.50. The third-order valence-corrected chi connectivity index (χ3v) is 60.6. The molecule has 0 spiro atoms. The fraction of sp³-hybridized carbons (Fsp3) is 0.214. The van der Waals surface area contributed by atoms with Gasteiger partial charge in [0.05, 0.1) is 0 Å². The average Bonchev–Trinajstić information content (AvgIpc) is 4.05. The standard InChI is InChI=1S/2C27H23O.C2H6Si.2ClH.Zr/c2*1-4-19-9-11-22-15-24(26-13-17(2)18(3)28-26)16-25(22)27(19)23-12-10-20-7-5-6-8-21(20)14-23;1-3-2;;;/h2*5-16H,4H2,1-3H3;1-2H3;2*1H;/q;;;;;+2/p-2. The van der Waals surface area contributed by atoms with Gasteiger partial charge < -0.3 is 0 Å². The van der Waals surface area contributed by atoms with Crippen LogP contribution in [0.15, 0.2) is 130 Å². The van der Waals surface area contributed by atoms with Crippen LogP contribution in [0.4, 0.5) is 0 Å². The number of furan rings is 2. The van der Waals surface area contributed by atoms with E-state index < -0.39 is 20.4 Å². The van der Waals surface area contributed by atoms with Crippen molar-refractivity contribution in [3.63, 3.8) is 0 Å².